The van der Waals surface area contributed by atoms with Gasteiger partial charge in [0.1, 0.15) is 6.33 Å². The molecule has 0 saturated heterocycles. The molecule has 0 saturated carbocycles. The molecule has 1 N–H and O–H groups in total. The molecular formula is C16H22N4O2S. The number of nitrogens with zero attached hydrogens (tertiary/aromatic N) is 3. The standard InChI is InChI=1S/C16H22N4O2S/c1-12(2)13-4-6-14(7-5-13)20-11-18-19-16(20)23-10-15(21)17-8-9-22-3/h4-7,11-12H,8-10H2,1-3H3,(H,17,21). The van der Waals surface area contributed by atoms with Crippen LogP contribution in [0.25, 0.3) is 5.69 Å². The first kappa shape index (κ1) is 17.5. The molecule has 0 aliphatic heterocycles. The van der Waals surface area contributed by atoms with Crippen molar-refractivity contribution in [3.63, 3.8) is 0 Å². The van der Waals surface area contributed by atoms with Crippen LogP contribution in [0, 0.1) is 0 Å². The number of aromatic nitrogens is 3. The Labute approximate surface area is 140 Å². The van der Waals surface area contributed by atoms with Crippen molar-refractivity contribution >= 4 is 17.7 Å². The van der Waals surface area contributed by atoms with Crippen molar-refractivity contribution in [1.82, 2.24) is 20.1 Å². The van der Waals surface area contributed by atoms with Crippen molar-refractivity contribution in [3.8, 4) is 5.69 Å². The van der Waals surface area contributed by atoms with Crippen LogP contribution in [-0.2, 0) is 9.53 Å². The van der Waals surface area contributed by atoms with Gasteiger partial charge >= 0.3 is 0 Å². The number of carbonyl (C=O) groups is 1. The van der Waals surface area contributed by atoms with Gasteiger partial charge in [-0.2, -0.15) is 0 Å². The number of hydrogen-bond donors (Lipinski definition) is 1. The Morgan fingerprint density at radius 1 is 1.35 bits per heavy atom. The van der Waals surface area contributed by atoms with E-state index in [1.54, 1.807) is 13.4 Å². The lowest BCUT2D eigenvalue weighted by Crippen LogP contribution is -2.28. The van der Waals surface area contributed by atoms with E-state index in [-0.39, 0.29) is 5.91 Å². The predicted molar refractivity (Wildman–Crippen MR) is 91.1 cm³/mol. The van der Waals surface area contributed by atoms with E-state index in [0.717, 1.165) is 5.69 Å². The Bertz CT molecular complexity index is 625. The largest absolute Gasteiger partial charge is 0.383 e. The fourth-order valence-electron chi connectivity index (χ4n) is 1.99. The average Bonchev–Trinajstić information content (AvgIpc) is 3.02. The van der Waals surface area contributed by atoms with Gasteiger partial charge in [-0.05, 0) is 23.6 Å². The highest BCUT2D eigenvalue weighted by atomic mass is 32.2. The molecule has 1 aromatic carbocycles. The van der Waals surface area contributed by atoms with Gasteiger partial charge in [-0.3, -0.25) is 9.36 Å². The van der Waals surface area contributed by atoms with E-state index in [4.69, 9.17) is 4.74 Å². The topological polar surface area (TPSA) is 69.0 Å². The number of methoxy groups -OCH3 is 1. The van der Waals surface area contributed by atoms with Gasteiger partial charge in [0.25, 0.3) is 0 Å². The Morgan fingerprint density at radius 2 is 2.09 bits per heavy atom. The lowest BCUT2D eigenvalue weighted by atomic mass is 10.0. The zero-order chi connectivity index (χ0) is 16.7. The van der Waals surface area contributed by atoms with E-state index in [2.05, 4.69) is 41.5 Å². The molecule has 0 unspecified atom stereocenters. The zero-order valence-electron chi connectivity index (χ0n) is 13.7. The third-order valence-electron chi connectivity index (χ3n) is 3.32. The molecule has 6 nitrogen and oxygen atoms in total. The third-order valence-corrected chi connectivity index (χ3v) is 4.26. The molecule has 0 bridgehead atoms. The summed E-state index contributed by atoms with van der Waals surface area (Å²) in [5, 5.41) is 11.5. The van der Waals surface area contributed by atoms with E-state index in [0.29, 0.717) is 30.0 Å². The smallest absolute Gasteiger partial charge is 0.230 e. The minimum atomic E-state index is -0.0447. The van der Waals surface area contributed by atoms with Gasteiger partial charge < -0.3 is 10.1 Å². The zero-order valence-corrected chi connectivity index (χ0v) is 14.5. The van der Waals surface area contributed by atoms with Crippen molar-refractivity contribution in [1.29, 1.82) is 0 Å². The van der Waals surface area contributed by atoms with Crippen LogP contribution in [-0.4, -0.2) is 46.7 Å². The number of hydrogen-bond acceptors (Lipinski definition) is 5. The Balaban J connectivity index is 1.98. The van der Waals surface area contributed by atoms with E-state index in [1.165, 1.54) is 17.3 Å². The number of nitrogens with one attached hydrogen (secondary N) is 1. The summed E-state index contributed by atoms with van der Waals surface area (Å²) < 4.78 is 6.78. The molecule has 0 aliphatic rings. The van der Waals surface area contributed by atoms with E-state index in [1.807, 2.05) is 16.7 Å². The first-order valence-electron chi connectivity index (χ1n) is 7.50. The van der Waals surface area contributed by atoms with Gasteiger partial charge in [0.15, 0.2) is 5.16 Å². The number of amides is 1. The molecule has 124 valence electrons. The second kappa shape index (κ2) is 8.69. The maximum absolute atomic E-state index is 11.7. The minimum absolute atomic E-state index is 0.0447. The van der Waals surface area contributed by atoms with Crippen molar-refractivity contribution in [2.24, 2.45) is 0 Å². The normalized spacial score (nSPS) is 11.0. The van der Waals surface area contributed by atoms with Gasteiger partial charge in [-0.15, -0.1) is 10.2 Å². The van der Waals surface area contributed by atoms with Crippen LogP contribution in [0.15, 0.2) is 35.7 Å². The van der Waals surface area contributed by atoms with Crippen LogP contribution < -0.4 is 5.32 Å². The van der Waals surface area contributed by atoms with Crippen LogP contribution in [0.3, 0.4) is 0 Å². The Kier molecular flexibility index (Phi) is 6.61. The molecule has 7 heteroatoms. The van der Waals surface area contributed by atoms with Gasteiger partial charge in [0, 0.05) is 19.3 Å². The molecule has 2 aromatic rings. The summed E-state index contributed by atoms with van der Waals surface area (Å²) in [5.74, 6) is 0.748. The van der Waals surface area contributed by atoms with Crippen molar-refractivity contribution in [3.05, 3.63) is 36.2 Å². The molecule has 1 amide bonds. The monoisotopic (exact) mass is 334 g/mol. The fourth-order valence-corrected chi connectivity index (χ4v) is 2.75. The highest BCUT2D eigenvalue weighted by molar-refractivity contribution is 7.99. The summed E-state index contributed by atoms with van der Waals surface area (Å²) in [6, 6.07) is 8.29. The summed E-state index contributed by atoms with van der Waals surface area (Å²) in [5.41, 5.74) is 2.27. The average molecular weight is 334 g/mol. The summed E-state index contributed by atoms with van der Waals surface area (Å²) in [6.45, 7) is 5.35. The van der Waals surface area contributed by atoms with Crippen LogP contribution >= 0.6 is 11.8 Å². The summed E-state index contributed by atoms with van der Waals surface area (Å²) in [6.07, 6.45) is 1.66. The highest BCUT2D eigenvalue weighted by Gasteiger charge is 2.10. The van der Waals surface area contributed by atoms with Crippen LogP contribution in [0.4, 0.5) is 0 Å². The van der Waals surface area contributed by atoms with Gasteiger partial charge in [0.05, 0.1) is 12.4 Å². The molecule has 1 aromatic heterocycles. The fraction of sp³-hybridized carbons (Fsp3) is 0.438. The van der Waals surface area contributed by atoms with Crippen LogP contribution in [0.1, 0.15) is 25.3 Å². The molecule has 0 spiro atoms. The number of rotatable bonds is 8. The maximum Gasteiger partial charge on any atom is 0.230 e. The van der Waals surface area contributed by atoms with E-state index >= 15 is 0 Å². The van der Waals surface area contributed by atoms with Gasteiger partial charge in [-0.1, -0.05) is 37.7 Å². The molecule has 0 fully saturated rings. The minimum Gasteiger partial charge on any atom is -0.383 e. The third kappa shape index (κ3) is 5.07. The molecule has 0 radical (unpaired) electrons. The van der Waals surface area contributed by atoms with Gasteiger partial charge in [0.2, 0.25) is 5.91 Å². The second-order valence-corrected chi connectivity index (χ2v) is 6.30. The molecular weight excluding hydrogens is 312 g/mol. The van der Waals surface area contributed by atoms with E-state index in [9.17, 15) is 4.79 Å². The number of thioether (sulfide) groups is 1. The van der Waals surface area contributed by atoms with Crippen molar-refractivity contribution in [2.45, 2.75) is 24.9 Å². The quantitative estimate of drug-likeness (QED) is 0.592. The predicted octanol–water partition coefficient (Wildman–Crippen LogP) is 2.25. The van der Waals surface area contributed by atoms with Crippen LogP contribution in [0.2, 0.25) is 0 Å². The van der Waals surface area contributed by atoms with Crippen LogP contribution in [0.5, 0.6) is 0 Å². The lowest BCUT2D eigenvalue weighted by molar-refractivity contribution is -0.118. The molecule has 0 atom stereocenters. The maximum atomic E-state index is 11.7. The van der Waals surface area contributed by atoms with Crippen molar-refractivity contribution < 1.29 is 9.53 Å². The number of benzene rings is 1. The first-order chi connectivity index (χ1) is 11.1. The van der Waals surface area contributed by atoms with E-state index < -0.39 is 0 Å². The Morgan fingerprint density at radius 3 is 2.74 bits per heavy atom. The Hall–Kier alpha value is -1.86. The highest BCUT2D eigenvalue weighted by Crippen LogP contribution is 2.21. The lowest BCUT2D eigenvalue weighted by Gasteiger charge is -2.09. The first-order valence-corrected chi connectivity index (χ1v) is 8.49. The molecule has 23 heavy (non-hydrogen) atoms. The van der Waals surface area contributed by atoms with Crippen molar-refractivity contribution in [2.75, 3.05) is 26.0 Å². The molecule has 0 aliphatic carbocycles. The summed E-state index contributed by atoms with van der Waals surface area (Å²) in [7, 11) is 1.61. The summed E-state index contributed by atoms with van der Waals surface area (Å²) in [4.78, 5) is 11.7. The summed E-state index contributed by atoms with van der Waals surface area (Å²) >= 11 is 1.36. The number of ether oxygens (including phenoxy) is 1. The molecule has 2 rings (SSSR count). The molecule has 1 heterocycles. The van der Waals surface area contributed by atoms with Gasteiger partial charge in [-0.25, -0.2) is 0 Å². The second-order valence-electron chi connectivity index (χ2n) is 5.36. The SMILES string of the molecule is COCCNC(=O)CSc1nncn1-c1ccc(C(C)C)cc1. The number of carbonyl (C=O) groups excluding carboxylic acids is 1.